The predicted molar refractivity (Wildman–Crippen MR) is 75.1 cm³/mol. The van der Waals surface area contributed by atoms with Crippen LogP contribution in [0, 0.1) is 13.8 Å². The van der Waals surface area contributed by atoms with E-state index in [1.807, 2.05) is 12.3 Å². The Morgan fingerprint density at radius 3 is 2.72 bits per heavy atom. The van der Waals surface area contributed by atoms with Crippen LogP contribution in [0.15, 0.2) is 24.4 Å². The molecule has 2 rings (SSSR count). The highest BCUT2D eigenvalue weighted by Crippen LogP contribution is 2.18. The molecule has 0 atom stereocenters. The van der Waals surface area contributed by atoms with Crippen molar-refractivity contribution in [3.8, 4) is 5.75 Å². The van der Waals surface area contributed by atoms with Crippen molar-refractivity contribution in [1.82, 2.24) is 10.3 Å². The molecule has 4 heteroatoms. The summed E-state index contributed by atoms with van der Waals surface area (Å²) in [6.45, 7) is 5.81. The smallest absolute Gasteiger partial charge is 0.121 e. The molecule has 0 fully saturated rings. The third kappa shape index (κ3) is 3.31. The first-order chi connectivity index (χ1) is 8.69. The predicted octanol–water partition coefficient (Wildman–Crippen LogP) is 3.06. The van der Waals surface area contributed by atoms with Crippen LogP contribution in [0.2, 0.25) is 0 Å². The van der Waals surface area contributed by atoms with Gasteiger partial charge in [0.25, 0.3) is 0 Å². The lowest BCUT2D eigenvalue weighted by atomic mass is 10.1. The van der Waals surface area contributed by atoms with Crippen LogP contribution in [0.25, 0.3) is 0 Å². The molecule has 18 heavy (non-hydrogen) atoms. The minimum atomic E-state index is 0.823. The molecule has 1 N–H and O–H groups in total. The Morgan fingerprint density at radius 1 is 1.28 bits per heavy atom. The maximum absolute atomic E-state index is 5.25. The van der Waals surface area contributed by atoms with Gasteiger partial charge in [-0.3, -0.25) is 0 Å². The van der Waals surface area contributed by atoms with E-state index in [0.717, 1.165) is 23.8 Å². The number of thiazole rings is 1. The highest BCUT2D eigenvalue weighted by Gasteiger charge is 2.01. The van der Waals surface area contributed by atoms with E-state index in [1.54, 1.807) is 18.4 Å². The molecular formula is C14H18N2OS. The first kappa shape index (κ1) is 13.1. The summed E-state index contributed by atoms with van der Waals surface area (Å²) in [7, 11) is 1.70. The molecule has 0 saturated heterocycles. The van der Waals surface area contributed by atoms with Crippen LogP contribution in [0.5, 0.6) is 5.75 Å². The van der Waals surface area contributed by atoms with Gasteiger partial charge >= 0.3 is 0 Å². The third-order valence-corrected chi connectivity index (χ3v) is 3.65. The van der Waals surface area contributed by atoms with Gasteiger partial charge in [-0.2, -0.15) is 0 Å². The number of benzene rings is 1. The zero-order chi connectivity index (χ0) is 13.0. The first-order valence-electron chi connectivity index (χ1n) is 5.94. The molecule has 96 valence electrons. The van der Waals surface area contributed by atoms with Crippen molar-refractivity contribution in [1.29, 1.82) is 0 Å². The Bertz CT molecular complexity index is 522. The molecule has 0 aliphatic heterocycles. The van der Waals surface area contributed by atoms with Gasteiger partial charge in [-0.25, -0.2) is 4.98 Å². The van der Waals surface area contributed by atoms with E-state index < -0.39 is 0 Å². The summed E-state index contributed by atoms with van der Waals surface area (Å²) in [4.78, 5) is 5.58. The highest BCUT2D eigenvalue weighted by molar-refractivity contribution is 7.11. The normalized spacial score (nSPS) is 10.6. The molecule has 0 aliphatic carbocycles. The Morgan fingerprint density at radius 2 is 2.11 bits per heavy atom. The number of nitrogens with zero attached hydrogens (tertiary/aromatic N) is 1. The SMILES string of the molecule is COc1ccc(CNCc2ncc(C)s2)cc1C. The summed E-state index contributed by atoms with van der Waals surface area (Å²) in [6.07, 6.45) is 1.92. The molecule has 2 aromatic rings. The van der Waals surface area contributed by atoms with Crippen LogP contribution < -0.4 is 10.1 Å². The van der Waals surface area contributed by atoms with E-state index in [9.17, 15) is 0 Å². The van der Waals surface area contributed by atoms with Crippen molar-refractivity contribution in [2.75, 3.05) is 7.11 Å². The quantitative estimate of drug-likeness (QED) is 0.899. The van der Waals surface area contributed by atoms with Crippen molar-refractivity contribution in [2.45, 2.75) is 26.9 Å². The van der Waals surface area contributed by atoms with E-state index in [2.05, 4.69) is 36.3 Å². The average molecular weight is 262 g/mol. The summed E-state index contributed by atoms with van der Waals surface area (Å²) < 4.78 is 5.25. The second-order valence-corrected chi connectivity index (χ2v) is 5.59. The van der Waals surface area contributed by atoms with Crippen molar-refractivity contribution < 1.29 is 4.74 Å². The van der Waals surface area contributed by atoms with Gasteiger partial charge < -0.3 is 10.1 Å². The molecule has 0 unspecified atom stereocenters. The molecule has 0 bridgehead atoms. The topological polar surface area (TPSA) is 34.1 Å². The van der Waals surface area contributed by atoms with E-state index >= 15 is 0 Å². The minimum absolute atomic E-state index is 0.823. The molecule has 0 amide bonds. The van der Waals surface area contributed by atoms with Crippen molar-refractivity contribution in [3.05, 3.63) is 45.4 Å². The second-order valence-electron chi connectivity index (χ2n) is 4.27. The molecule has 0 radical (unpaired) electrons. The molecule has 0 spiro atoms. The van der Waals surface area contributed by atoms with Gasteiger partial charge in [-0.1, -0.05) is 12.1 Å². The zero-order valence-corrected chi connectivity index (χ0v) is 11.8. The number of methoxy groups -OCH3 is 1. The Hall–Kier alpha value is -1.39. The second kappa shape index (κ2) is 5.98. The standard InChI is InChI=1S/C14H18N2OS/c1-10-6-12(4-5-13(10)17-3)8-15-9-14-16-7-11(2)18-14/h4-7,15H,8-9H2,1-3H3. The lowest BCUT2D eigenvalue weighted by Crippen LogP contribution is -2.12. The van der Waals surface area contributed by atoms with Crippen LogP contribution >= 0.6 is 11.3 Å². The monoisotopic (exact) mass is 262 g/mol. The largest absolute Gasteiger partial charge is 0.496 e. The highest BCUT2D eigenvalue weighted by atomic mass is 32.1. The first-order valence-corrected chi connectivity index (χ1v) is 6.76. The minimum Gasteiger partial charge on any atom is -0.496 e. The number of hydrogen-bond acceptors (Lipinski definition) is 4. The van der Waals surface area contributed by atoms with Gasteiger partial charge in [-0.15, -0.1) is 11.3 Å². The van der Waals surface area contributed by atoms with Gasteiger partial charge in [0.15, 0.2) is 0 Å². The summed E-state index contributed by atoms with van der Waals surface area (Å²) in [5, 5.41) is 4.54. The number of aromatic nitrogens is 1. The van der Waals surface area contributed by atoms with E-state index in [1.165, 1.54) is 16.0 Å². The van der Waals surface area contributed by atoms with Gasteiger partial charge in [0.05, 0.1) is 7.11 Å². The van der Waals surface area contributed by atoms with Gasteiger partial charge in [-0.05, 0) is 31.0 Å². The van der Waals surface area contributed by atoms with Crippen molar-refractivity contribution in [2.24, 2.45) is 0 Å². The number of hydrogen-bond donors (Lipinski definition) is 1. The number of rotatable bonds is 5. The summed E-state index contributed by atoms with van der Waals surface area (Å²) in [5.74, 6) is 0.939. The molecule has 0 aliphatic rings. The van der Waals surface area contributed by atoms with E-state index in [4.69, 9.17) is 4.74 Å². The van der Waals surface area contributed by atoms with Crippen LogP contribution in [0.3, 0.4) is 0 Å². The average Bonchev–Trinajstić information content (AvgIpc) is 2.75. The third-order valence-electron chi connectivity index (χ3n) is 2.73. The lowest BCUT2D eigenvalue weighted by Gasteiger charge is -2.07. The molecule has 1 aromatic heterocycles. The number of aryl methyl sites for hydroxylation is 2. The number of ether oxygens (including phenoxy) is 1. The summed E-state index contributed by atoms with van der Waals surface area (Å²) >= 11 is 1.74. The molecule has 0 saturated carbocycles. The Balaban J connectivity index is 1.88. The van der Waals surface area contributed by atoms with Crippen LogP contribution in [0.1, 0.15) is 21.0 Å². The van der Waals surface area contributed by atoms with E-state index in [0.29, 0.717) is 0 Å². The summed E-state index contributed by atoms with van der Waals surface area (Å²) in [5.41, 5.74) is 2.43. The van der Waals surface area contributed by atoms with Crippen molar-refractivity contribution in [3.63, 3.8) is 0 Å². The maximum atomic E-state index is 5.25. The molecule has 3 nitrogen and oxygen atoms in total. The lowest BCUT2D eigenvalue weighted by molar-refractivity contribution is 0.411. The Labute approximate surface area is 112 Å². The van der Waals surface area contributed by atoms with Crippen molar-refractivity contribution >= 4 is 11.3 Å². The van der Waals surface area contributed by atoms with E-state index in [-0.39, 0.29) is 0 Å². The molecular weight excluding hydrogens is 244 g/mol. The fourth-order valence-electron chi connectivity index (χ4n) is 1.85. The maximum Gasteiger partial charge on any atom is 0.121 e. The van der Waals surface area contributed by atoms with Crippen LogP contribution in [-0.4, -0.2) is 12.1 Å². The van der Waals surface area contributed by atoms with Gasteiger partial charge in [0, 0.05) is 24.2 Å². The van der Waals surface area contributed by atoms with Gasteiger partial charge in [0.2, 0.25) is 0 Å². The Kier molecular flexibility index (Phi) is 4.33. The fraction of sp³-hybridized carbons (Fsp3) is 0.357. The number of nitrogens with one attached hydrogen (secondary N) is 1. The molecule has 1 heterocycles. The zero-order valence-electron chi connectivity index (χ0n) is 11.0. The van der Waals surface area contributed by atoms with Crippen LogP contribution in [0.4, 0.5) is 0 Å². The van der Waals surface area contributed by atoms with Gasteiger partial charge in [0.1, 0.15) is 10.8 Å². The fourth-order valence-corrected chi connectivity index (χ4v) is 2.60. The molecule has 1 aromatic carbocycles. The summed E-state index contributed by atoms with van der Waals surface area (Å²) in [6, 6.07) is 6.25. The van der Waals surface area contributed by atoms with Crippen LogP contribution in [-0.2, 0) is 13.1 Å².